The van der Waals surface area contributed by atoms with E-state index in [2.05, 4.69) is 67.1 Å². The standard InChI is InChI=1S/C15H14NS/c1-11-6-5-7-12(10-11)15-16(2)13-8-3-4-9-14(13)17-15/h3-10H,1-2H3/q+1. The average molecular weight is 240 g/mol. The number of fused-ring (bicyclic) bond motifs is 1. The summed E-state index contributed by atoms with van der Waals surface area (Å²) in [6, 6.07) is 17.2. The average Bonchev–Trinajstić information content (AvgIpc) is 2.68. The number of aromatic nitrogens is 1. The van der Waals surface area contributed by atoms with Crippen LogP contribution in [0.25, 0.3) is 20.8 Å². The molecule has 2 heteroatoms. The first kappa shape index (κ1) is 10.5. The van der Waals surface area contributed by atoms with Crippen molar-refractivity contribution in [3.05, 3.63) is 54.1 Å². The Labute approximate surface area is 105 Å². The maximum atomic E-state index is 2.27. The van der Waals surface area contributed by atoms with Crippen LogP contribution >= 0.6 is 11.3 Å². The molecule has 3 aromatic rings. The zero-order valence-electron chi connectivity index (χ0n) is 9.97. The van der Waals surface area contributed by atoms with Gasteiger partial charge in [0.15, 0.2) is 0 Å². The molecule has 2 aromatic carbocycles. The van der Waals surface area contributed by atoms with E-state index in [1.165, 1.54) is 26.4 Å². The van der Waals surface area contributed by atoms with Crippen molar-refractivity contribution >= 4 is 21.6 Å². The van der Waals surface area contributed by atoms with Gasteiger partial charge in [-0.25, -0.2) is 0 Å². The van der Waals surface area contributed by atoms with E-state index in [1.54, 1.807) is 0 Å². The molecule has 0 bridgehead atoms. The van der Waals surface area contributed by atoms with Gasteiger partial charge in [0.1, 0.15) is 11.7 Å². The number of nitrogens with zero attached hydrogens (tertiary/aromatic N) is 1. The van der Waals surface area contributed by atoms with Crippen LogP contribution in [0.15, 0.2) is 48.5 Å². The van der Waals surface area contributed by atoms with E-state index in [-0.39, 0.29) is 0 Å². The second-order valence-electron chi connectivity index (χ2n) is 4.30. The van der Waals surface area contributed by atoms with Crippen LogP contribution in [0.1, 0.15) is 5.56 Å². The van der Waals surface area contributed by atoms with Crippen LogP contribution in [-0.2, 0) is 7.05 Å². The predicted octanol–water partition coefficient (Wildman–Crippen LogP) is 3.70. The van der Waals surface area contributed by atoms with Crippen molar-refractivity contribution in [1.82, 2.24) is 0 Å². The van der Waals surface area contributed by atoms with Crippen LogP contribution in [0.3, 0.4) is 0 Å². The largest absolute Gasteiger partial charge is 0.269 e. The summed E-state index contributed by atoms with van der Waals surface area (Å²) in [6.07, 6.45) is 0. The minimum absolute atomic E-state index is 1.30. The molecule has 0 radical (unpaired) electrons. The van der Waals surface area contributed by atoms with Crippen LogP contribution in [0.2, 0.25) is 0 Å². The van der Waals surface area contributed by atoms with Crippen molar-refractivity contribution in [1.29, 1.82) is 0 Å². The minimum Gasteiger partial charge on any atom is -0.184 e. The fourth-order valence-electron chi connectivity index (χ4n) is 2.13. The molecule has 0 N–H and O–H groups in total. The summed E-state index contributed by atoms with van der Waals surface area (Å²) in [6.45, 7) is 2.14. The molecule has 84 valence electrons. The Morgan fingerprint density at radius 2 is 1.82 bits per heavy atom. The summed E-state index contributed by atoms with van der Waals surface area (Å²) in [5.41, 5.74) is 3.91. The maximum Gasteiger partial charge on any atom is 0.269 e. The molecule has 17 heavy (non-hydrogen) atoms. The Hall–Kier alpha value is -1.67. The number of para-hydroxylation sites is 1. The monoisotopic (exact) mass is 240 g/mol. The topological polar surface area (TPSA) is 3.88 Å². The number of thiazole rings is 1. The summed E-state index contributed by atoms with van der Waals surface area (Å²) < 4.78 is 3.61. The third-order valence-corrected chi connectivity index (χ3v) is 4.27. The van der Waals surface area contributed by atoms with E-state index in [0.717, 1.165) is 0 Å². The van der Waals surface area contributed by atoms with Gasteiger partial charge in [0.05, 0.1) is 5.56 Å². The molecular formula is C15H14NS+. The molecule has 0 saturated carbocycles. The highest BCUT2D eigenvalue weighted by Crippen LogP contribution is 2.28. The molecule has 0 atom stereocenters. The summed E-state index contributed by atoms with van der Waals surface area (Å²) >= 11 is 1.85. The van der Waals surface area contributed by atoms with E-state index in [4.69, 9.17) is 0 Å². The second kappa shape index (κ2) is 3.97. The normalized spacial score (nSPS) is 10.9. The molecule has 0 fully saturated rings. The van der Waals surface area contributed by atoms with Gasteiger partial charge in [-0.1, -0.05) is 41.2 Å². The van der Waals surface area contributed by atoms with Gasteiger partial charge in [-0.15, -0.1) is 0 Å². The lowest BCUT2D eigenvalue weighted by atomic mass is 10.1. The number of aryl methyl sites for hydroxylation is 2. The van der Waals surface area contributed by atoms with E-state index >= 15 is 0 Å². The van der Waals surface area contributed by atoms with E-state index in [0.29, 0.717) is 0 Å². The van der Waals surface area contributed by atoms with Crippen LogP contribution < -0.4 is 4.57 Å². The Kier molecular flexibility index (Phi) is 2.45. The van der Waals surface area contributed by atoms with Crippen LogP contribution in [0, 0.1) is 6.92 Å². The van der Waals surface area contributed by atoms with Gasteiger partial charge in [-0.3, -0.25) is 0 Å². The van der Waals surface area contributed by atoms with Crippen molar-refractivity contribution < 1.29 is 4.57 Å². The SMILES string of the molecule is Cc1cccc(-c2sc3ccccc3[n+]2C)c1. The van der Waals surface area contributed by atoms with Gasteiger partial charge in [0, 0.05) is 6.07 Å². The first-order valence-electron chi connectivity index (χ1n) is 5.70. The molecule has 3 rings (SSSR count). The molecule has 0 saturated heterocycles. The molecule has 0 amide bonds. The Morgan fingerprint density at radius 3 is 2.59 bits per heavy atom. The highest BCUT2D eigenvalue weighted by molar-refractivity contribution is 7.21. The highest BCUT2D eigenvalue weighted by Gasteiger charge is 2.17. The summed E-state index contributed by atoms with van der Waals surface area (Å²) in [5.74, 6) is 0. The van der Waals surface area contributed by atoms with Gasteiger partial charge in [0.25, 0.3) is 5.01 Å². The van der Waals surface area contributed by atoms with E-state index in [1.807, 2.05) is 11.3 Å². The van der Waals surface area contributed by atoms with Crippen molar-refractivity contribution in [2.24, 2.45) is 7.05 Å². The minimum atomic E-state index is 1.30. The molecular weight excluding hydrogens is 226 g/mol. The van der Waals surface area contributed by atoms with Crippen LogP contribution in [-0.4, -0.2) is 0 Å². The Morgan fingerprint density at radius 1 is 1.00 bits per heavy atom. The summed E-state index contributed by atoms with van der Waals surface area (Å²) in [5, 5.41) is 1.31. The smallest absolute Gasteiger partial charge is 0.184 e. The zero-order valence-corrected chi connectivity index (χ0v) is 10.8. The fraction of sp³-hybridized carbons (Fsp3) is 0.133. The molecule has 1 heterocycles. The van der Waals surface area contributed by atoms with Crippen molar-refractivity contribution in [2.45, 2.75) is 6.92 Å². The second-order valence-corrected chi connectivity index (χ2v) is 5.33. The lowest BCUT2D eigenvalue weighted by molar-refractivity contribution is -0.629. The van der Waals surface area contributed by atoms with E-state index in [9.17, 15) is 0 Å². The van der Waals surface area contributed by atoms with Gasteiger partial charge >= 0.3 is 0 Å². The first-order chi connectivity index (χ1) is 8.25. The van der Waals surface area contributed by atoms with Gasteiger partial charge in [0.2, 0.25) is 5.52 Å². The number of hydrogen-bond acceptors (Lipinski definition) is 1. The Balaban J connectivity index is 2.27. The quantitative estimate of drug-likeness (QED) is 0.571. The molecule has 1 aromatic heterocycles. The van der Waals surface area contributed by atoms with Gasteiger partial charge in [-0.05, 0) is 25.1 Å². The van der Waals surface area contributed by atoms with Gasteiger partial charge < -0.3 is 0 Å². The third-order valence-electron chi connectivity index (χ3n) is 3.00. The molecule has 0 spiro atoms. The van der Waals surface area contributed by atoms with Crippen molar-refractivity contribution in [3.63, 3.8) is 0 Å². The summed E-state index contributed by atoms with van der Waals surface area (Å²) in [7, 11) is 2.14. The van der Waals surface area contributed by atoms with Crippen molar-refractivity contribution in [2.75, 3.05) is 0 Å². The lowest BCUT2D eigenvalue weighted by Gasteiger charge is -1.96. The molecule has 0 aliphatic rings. The van der Waals surface area contributed by atoms with E-state index < -0.39 is 0 Å². The van der Waals surface area contributed by atoms with Crippen LogP contribution in [0.4, 0.5) is 0 Å². The number of benzene rings is 2. The Bertz CT molecular complexity index is 682. The fourth-order valence-corrected chi connectivity index (χ4v) is 3.28. The summed E-state index contributed by atoms with van der Waals surface area (Å²) in [4.78, 5) is 0. The van der Waals surface area contributed by atoms with Crippen LogP contribution in [0.5, 0.6) is 0 Å². The number of hydrogen-bond donors (Lipinski definition) is 0. The maximum absolute atomic E-state index is 2.27. The predicted molar refractivity (Wildman–Crippen MR) is 73.2 cm³/mol. The van der Waals surface area contributed by atoms with Crippen molar-refractivity contribution in [3.8, 4) is 10.6 Å². The zero-order chi connectivity index (χ0) is 11.8. The number of rotatable bonds is 1. The molecule has 0 aliphatic heterocycles. The third kappa shape index (κ3) is 1.75. The first-order valence-corrected chi connectivity index (χ1v) is 6.52. The highest BCUT2D eigenvalue weighted by atomic mass is 32.1. The molecule has 1 nitrogen and oxygen atoms in total. The lowest BCUT2D eigenvalue weighted by Crippen LogP contribution is -2.28. The van der Waals surface area contributed by atoms with Gasteiger partial charge in [-0.2, -0.15) is 4.57 Å². The molecule has 0 aliphatic carbocycles. The molecule has 0 unspecified atom stereocenters.